The molecular formula is C18H31ClN2O2. The van der Waals surface area contributed by atoms with E-state index in [0.29, 0.717) is 12.5 Å². The molecule has 0 bridgehead atoms. The van der Waals surface area contributed by atoms with E-state index in [1.807, 2.05) is 32.0 Å². The minimum Gasteiger partial charge on any atom is -0.483 e. The Kier molecular flexibility index (Phi) is 9.93. The molecule has 1 atom stereocenters. The maximum absolute atomic E-state index is 12.0. The zero-order valence-electron chi connectivity index (χ0n) is 14.7. The molecule has 1 rings (SSSR count). The van der Waals surface area contributed by atoms with E-state index in [2.05, 4.69) is 25.2 Å². The largest absolute Gasteiger partial charge is 0.483 e. The van der Waals surface area contributed by atoms with E-state index in [4.69, 9.17) is 10.5 Å². The third kappa shape index (κ3) is 6.80. The lowest BCUT2D eigenvalue weighted by Crippen LogP contribution is -2.50. The molecule has 0 heterocycles. The number of amides is 1. The van der Waals surface area contributed by atoms with Crippen LogP contribution in [0.15, 0.2) is 24.3 Å². The molecule has 0 radical (unpaired) electrons. The number of para-hydroxylation sites is 1. The fourth-order valence-electron chi connectivity index (χ4n) is 2.21. The number of halogens is 1. The summed E-state index contributed by atoms with van der Waals surface area (Å²) in [7, 11) is 0. The standard InChI is InChI=1S/C18H30N2O2.ClH/c1-5-14(4)15-10-8-9-11-16(15)22-12-17(21)20-13-18(19,6-2)7-3;/h8-11,14H,5-7,12-13,19H2,1-4H3,(H,20,21);1H. The van der Waals surface area contributed by atoms with Crippen molar-refractivity contribution in [3.05, 3.63) is 29.8 Å². The lowest BCUT2D eigenvalue weighted by molar-refractivity contribution is -0.123. The lowest BCUT2D eigenvalue weighted by Gasteiger charge is -2.26. The summed E-state index contributed by atoms with van der Waals surface area (Å²) in [4.78, 5) is 12.0. The fourth-order valence-corrected chi connectivity index (χ4v) is 2.21. The van der Waals surface area contributed by atoms with Crippen molar-refractivity contribution < 1.29 is 9.53 Å². The SMILES string of the molecule is CCC(C)c1ccccc1OCC(=O)NCC(N)(CC)CC.Cl. The van der Waals surface area contributed by atoms with E-state index in [0.717, 1.165) is 30.6 Å². The van der Waals surface area contributed by atoms with Gasteiger partial charge in [-0.1, -0.05) is 45.9 Å². The fraction of sp³-hybridized carbons (Fsp3) is 0.611. The summed E-state index contributed by atoms with van der Waals surface area (Å²) in [5.41, 5.74) is 7.00. The van der Waals surface area contributed by atoms with Crippen LogP contribution in [-0.4, -0.2) is 24.6 Å². The van der Waals surface area contributed by atoms with Gasteiger partial charge >= 0.3 is 0 Å². The molecule has 0 saturated carbocycles. The van der Waals surface area contributed by atoms with Gasteiger partial charge < -0.3 is 15.8 Å². The van der Waals surface area contributed by atoms with Crippen molar-refractivity contribution in [2.75, 3.05) is 13.2 Å². The van der Waals surface area contributed by atoms with Gasteiger partial charge in [-0.3, -0.25) is 4.79 Å². The molecule has 0 aliphatic heterocycles. The molecular weight excluding hydrogens is 312 g/mol. The summed E-state index contributed by atoms with van der Waals surface area (Å²) in [6.07, 6.45) is 2.71. The smallest absolute Gasteiger partial charge is 0.258 e. The molecule has 1 amide bonds. The third-order valence-electron chi connectivity index (χ3n) is 4.47. The highest BCUT2D eigenvalue weighted by Crippen LogP contribution is 2.28. The normalized spacial score (nSPS) is 12.2. The van der Waals surface area contributed by atoms with E-state index in [1.54, 1.807) is 0 Å². The molecule has 1 aromatic carbocycles. The summed E-state index contributed by atoms with van der Waals surface area (Å²) in [5.74, 6) is 1.07. The first-order chi connectivity index (χ1) is 10.5. The second-order valence-corrected chi connectivity index (χ2v) is 5.98. The van der Waals surface area contributed by atoms with E-state index in [-0.39, 0.29) is 30.5 Å². The van der Waals surface area contributed by atoms with Crippen LogP contribution in [0.4, 0.5) is 0 Å². The Morgan fingerprint density at radius 3 is 2.43 bits per heavy atom. The number of carbonyl (C=O) groups excluding carboxylic acids is 1. The molecule has 1 aromatic rings. The van der Waals surface area contributed by atoms with Gasteiger partial charge in [0, 0.05) is 12.1 Å². The second-order valence-electron chi connectivity index (χ2n) is 5.98. The number of nitrogens with two attached hydrogens (primary N) is 1. The highest BCUT2D eigenvalue weighted by atomic mass is 35.5. The molecule has 0 aliphatic carbocycles. The average molecular weight is 343 g/mol. The van der Waals surface area contributed by atoms with Crippen molar-refractivity contribution in [2.24, 2.45) is 5.73 Å². The van der Waals surface area contributed by atoms with Gasteiger partial charge in [-0.05, 0) is 36.8 Å². The second kappa shape index (κ2) is 10.5. The van der Waals surface area contributed by atoms with Gasteiger partial charge in [0.1, 0.15) is 5.75 Å². The molecule has 0 spiro atoms. The van der Waals surface area contributed by atoms with Gasteiger partial charge in [0.15, 0.2) is 6.61 Å². The van der Waals surface area contributed by atoms with Crippen LogP contribution in [0, 0.1) is 0 Å². The zero-order valence-corrected chi connectivity index (χ0v) is 15.5. The molecule has 0 aromatic heterocycles. The Bertz CT molecular complexity index is 476. The molecule has 132 valence electrons. The number of nitrogens with one attached hydrogen (secondary N) is 1. The third-order valence-corrected chi connectivity index (χ3v) is 4.47. The first-order valence-electron chi connectivity index (χ1n) is 8.23. The van der Waals surface area contributed by atoms with Crippen LogP contribution in [0.2, 0.25) is 0 Å². The van der Waals surface area contributed by atoms with Gasteiger partial charge in [-0.15, -0.1) is 12.4 Å². The average Bonchev–Trinajstić information content (AvgIpc) is 2.57. The topological polar surface area (TPSA) is 64.3 Å². The Morgan fingerprint density at radius 1 is 1.26 bits per heavy atom. The predicted octanol–water partition coefficient (Wildman–Crippen LogP) is 3.63. The van der Waals surface area contributed by atoms with Gasteiger partial charge in [-0.25, -0.2) is 0 Å². The van der Waals surface area contributed by atoms with E-state index in [1.165, 1.54) is 0 Å². The molecule has 23 heavy (non-hydrogen) atoms. The number of benzene rings is 1. The van der Waals surface area contributed by atoms with Crippen LogP contribution >= 0.6 is 12.4 Å². The summed E-state index contributed by atoms with van der Waals surface area (Å²) in [5, 5.41) is 2.87. The van der Waals surface area contributed by atoms with E-state index < -0.39 is 0 Å². The minimum atomic E-state index is -0.329. The molecule has 0 saturated heterocycles. The predicted molar refractivity (Wildman–Crippen MR) is 98.4 cm³/mol. The zero-order chi connectivity index (χ0) is 16.6. The van der Waals surface area contributed by atoms with Crippen molar-refractivity contribution >= 4 is 18.3 Å². The molecule has 4 nitrogen and oxygen atoms in total. The summed E-state index contributed by atoms with van der Waals surface area (Å²) in [6, 6.07) is 7.90. The lowest BCUT2D eigenvalue weighted by atomic mass is 9.94. The van der Waals surface area contributed by atoms with Gasteiger partial charge in [-0.2, -0.15) is 0 Å². The number of ether oxygens (including phenoxy) is 1. The molecule has 3 N–H and O–H groups in total. The van der Waals surface area contributed by atoms with Crippen LogP contribution in [0.5, 0.6) is 5.75 Å². The van der Waals surface area contributed by atoms with E-state index >= 15 is 0 Å². The number of hydrogen-bond donors (Lipinski definition) is 2. The summed E-state index contributed by atoms with van der Waals surface area (Å²) < 4.78 is 5.70. The Balaban J connectivity index is 0.00000484. The summed E-state index contributed by atoms with van der Waals surface area (Å²) >= 11 is 0. The van der Waals surface area contributed by atoms with Crippen molar-refractivity contribution in [1.82, 2.24) is 5.32 Å². The first kappa shape index (κ1) is 21.7. The van der Waals surface area contributed by atoms with Gasteiger partial charge in [0.25, 0.3) is 5.91 Å². The number of hydrogen-bond acceptors (Lipinski definition) is 3. The molecule has 0 fully saturated rings. The highest BCUT2D eigenvalue weighted by molar-refractivity contribution is 5.85. The van der Waals surface area contributed by atoms with Crippen molar-refractivity contribution in [3.63, 3.8) is 0 Å². The number of rotatable bonds is 9. The van der Waals surface area contributed by atoms with Crippen molar-refractivity contribution in [3.8, 4) is 5.75 Å². The molecule has 5 heteroatoms. The van der Waals surface area contributed by atoms with Crippen LogP contribution in [-0.2, 0) is 4.79 Å². The van der Waals surface area contributed by atoms with Crippen LogP contribution in [0.25, 0.3) is 0 Å². The Morgan fingerprint density at radius 2 is 1.87 bits per heavy atom. The van der Waals surface area contributed by atoms with Crippen LogP contribution < -0.4 is 15.8 Å². The van der Waals surface area contributed by atoms with Crippen LogP contribution in [0.3, 0.4) is 0 Å². The summed E-state index contributed by atoms with van der Waals surface area (Å²) in [6.45, 7) is 8.88. The Labute approximate surface area is 146 Å². The van der Waals surface area contributed by atoms with Crippen molar-refractivity contribution in [1.29, 1.82) is 0 Å². The molecule has 1 unspecified atom stereocenters. The van der Waals surface area contributed by atoms with Gasteiger partial charge in [0.2, 0.25) is 0 Å². The maximum atomic E-state index is 12.0. The maximum Gasteiger partial charge on any atom is 0.258 e. The van der Waals surface area contributed by atoms with E-state index in [9.17, 15) is 4.79 Å². The van der Waals surface area contributed by atoms with Crippen molar-refractivity contribution in [2.45, 2.75) is 58.4 Å². The highest BCUT2D eigenvalue weighted by Gasteiger charge is 2.21. The van der Waals surface area contributed by atoms with Crippen LogP contribution in [0.1, 0.15) is 58.4 Å². The minimum absolute atomic E-state index is 0. The monoisotopic (exact) mass is 342 g/mol. The Hall–Kier alpha value is -1.26. The molecule has 0 aliphatic rings. The first-order valence-corrected chi connectivity index (χ1v) is 8.23. The quantitative estimate of drug-likeness (QED) is 0.720. The number of carbonyl (C=O) groups is 1. The van der Waals surface area contributed by atoms with Gasteiger partial charge in [0.05, 0.1) is 0 Å².